The average molecular weight is 168 g/mol. The van der Waals surface area contributed by atoms with Gasteiger partial charge in [0, 0.05) is 12.5 Å². The van der Waals surface area contributed by atoms with E-state index in [4.69, 9.17) is 4.74 Å². The first-order valence-corrected chi connectivity index (χ1v) is 4.93. The van der Waals surface area contributed by atoms with Crippen LogP contribution in [0.1, 0.15) is 33.1 Å². The standard InChI is InChI=1S/C11H20O/c1-9(2)11-5-4-10(3)6-7-12-8-11/h10-11H,1,4-8H2,2-3H3. The molecule has 0 radical (unpaired) electrons. The van der Waals surface area contributed by atoms with Crippen molar-refractivity contribution in [2.75, 3.05) is 13.2 Å². The Kier molecular flexibility index (Phi) is 3.80. The van der Waals surface area contributed by atoms with Gasteiger partial charge in [-0.1, -0.05) is 19.1 Å². The van der Waals surface area contributed by atoms with Gasteiger partial charge in [0.1, 0.15) is 0 Å². The maximum Gasteiger partial charge on any atom is 0.0531 e. The highest BCUT2D eigenvalue weighted by Gasteiger charge is 2.15. The molecule has 2 unspecified atom stereocenters. The van der Waals surface area contributed by atoms with Crippen LogP contribution in [0.2, 0.25) is 0 Å². The van der Waals surface area contributed by atoms with E-state index in [0.29, 0.717) is 5.92 Å². The van der Waals surface area contributed by atoms with Crippen molar-refractivity contribution in [3.63, 3.8) is 0 Å². The molecule has 0 aromatic rings. The molecule has 2 atom stereocenters. The zero-order valence-electron chi connectivity index (χ0n) is 8.31. The van der Waals surface area contributed by atoms with Crippen LogP contribution in [0.4, 0.5) is 0 Å². The van der Waals surface area contributed by atoms with Crippen molar-refractivity contribution in [2.24, 2.45) is 11.8 Å². The van der Waals surface area contributed by atoms with Gasteiger partial charge < -0.3 is 4.74 Å². The SMILES string of the molecule is C=C(C)C1CCC(C)CCOC1. The summed E-state index contributed by atoms with van der Waals surface area (Å²) >= 11 is 0. The molecule has 70 valence electrons. The predicted molar refractivity (Wildman–Crippen MR) is 52.1 cm³/mol. The highest BCUT2D eigenvalue weighted by molar-refractivity contribution is 4.96. The first kappa shape index (κ1) is 9.79. The largest absolute Gasteiger partial charge is 0.381 e. The molecule has 0 aromatic heterocycles. The number of hydrogen-bond acceptors (Lipinski definition) is 1. The summed E-state index contributed by atoms with van der Waals surface area (Å²) in [5, 5.41) is 0. The smallest absolute Gasteiger partial charge is 0.0531 e. The summed E-state index contributed by atoms with van der Waals surface area (Å²) in [6.07, 6.45) is 3.82. The maximum absolute atomic E-state index is 5.56. The number of ether oxygens (including phenoxy) is 1. The Hall–Kier alpha value is -0.300. The summed E-state index contributed by atoms with van der Waals surface area (Å²) in [4.78, 5) is 0. The maximum atomic E-state index is 5.56. The third-order valence-corrected chi connectivity index (χ3v) is 2.78. The molecule has 1 saturated heterocycles. The second-order valence-electron chi connectivity index (χ2n) is 4.09. The highest BCUT2D eigenvalue weighted by atomic mass is 16.5. The highest BCUT2D eigenvalue weighted by Crippen LogP contribution is 2.23. The molecule has 0 N–H and O–H groups in total. The molecule has 12 heavy (non-hydrogen) atoms. The third kappa shape index (κ3) is 2.98. The Labute approximate surface area is 75.8 Å². The molecule has 0 bridgehead atoms. The molecule has 0 aliphatic carbocycles. The van der Waals surface area contributed by atoms with Crippen LogP contribution in [0.5, 0.6) is 0 Å². The molecule has 1 aliphatic rings. The Balaban J connectivity index is 2.39. The van der Waals surface area contributed by atoms with Crippen molar-refractivity contribution in [2.45, 2.75) is 33.1 Å². The van der Waals surface area contributed by atoms with Gasteiger partial charge in [-0.2, -0.15) is 0 Å². The molecule has 1 aliphatic heterocycles. The van der Waals surface area contributed by atoms with Crippen LogP contribution in [-0.4, -0.2) is 13.2 Å². The van der Waals surface area contributed by atoms with Crippen molar-refractivity contribution in [1.29, 1.82) is 0 Å². The number of hydrogen-bond donors (Lipinski definition) is 0. The fraction of sp³-hybridized carbons (Fsp3) is 0.818. The fourth-order valence-corrected chi connectivity index (χ4v) is 1.61. The van der Waals surface area contributed by atoms with E-state index in [1.54, 1.807) is 0 Å². The van der Waals surface area contributed by atoms with Crippen LogP contribution in [0, 0.1) is 11.8 Å². The summed E-state index contributed by atoms with van der Waals surface area (Å²) < 4.78 is 5.56. The first-order valence-electron chi connectivity index (χ1n) is 4.93. The Bertz CT molecular complexity index is 151. The lowest BCUT2D eigenvalue weighted by Crippen LogP contribution is -2.17. The molecule has 0 amide bonds. The fourth-order valence-electron chi connectivity index (χ4n) is 1.61. The summed E-state index contributed by atoms with van der Waals surface area (Å²) in [6, 6.07) is 0. The van der Waals surface area contributed by atoms with Gasteiger partial charge >= 0.3 is 0 Å². The van der Waals surface area contributed by atoms with Crippen LogP contribution >= 0.6 is 0 Å². The normalized spacial score (nSPS) is 32.2. The van der Waals surface area contributed by atoms with E-state index >= 15 is 0 Å². The first-order chi connectivity index (χ1) is 5.70. The molecule has 0 spiro atoms. The predicted octanol–water partition coefficient (Wildman–Crippen LogP) is 3.02. The molecular weight excluding hydrogens is 148 g/mol. The lowest BCUT2D eigenvalue weighted by atomic mass is 9.90. The van der Waals surface area contributed by atoms with Crippen LogP contribution in [0.15, 0.2) is 12.2 Å². The van der Waals surface area contributed by atoms with Gasteiger partial charge in [0.15, 0.2) is 0 Å². The minimum atomic E-state index is 0.604. The summed E-state index contributed by atoms with van der Waals surface area (Å²) in [5.74, 6) is 1.43. The van der Waals surface area contributed by atoms with E-state index in [-0.39, 0.29) is 0 Å². The molecule has 1 nitrogen and oxygen atoms in total. The van der Waals surface area contributed by atoms with E-state index in [1.165, 1.54) is 24.8 Å². The van der Waals surface area contributed by atoms with E-state index in [2.05, 4.69) is 20.4 Å². The minimum absolute atomic E-state index is 0.604. The Morgan fingerprint density at radius 2 is 2.08 bits per heavy atom. The van der Waals surface area contributed by atoms with E-state index in [1.807, 2.05) is 0 Å². The van der Waals surface area contributed by atoms with Crippen molar-refractivity contribution in [3.8, 4) is 0 Å². The van der Waals surface area contributed by atoms with Gasteiger partial charge in [0.2, 0.25) is 0 Å². The molecule has 1 fully saturated rings. The van der Waals surface area contributed by atoms with Gasteiger partial charge in [0.05, 0.1) is 6.61 Å². The Morgan fingerprint density at radius 3 is 2.75 bits per heavy atom. The average Bonchev–Trinajstić information content (AvgIpc) is 1.97. The van der Waals surface area contributed by atoms with Crippen molar-refractivity contribution in [3.05, 3.63) is 12.2 Å². The van der Waals surface area contributed by atoms with Gasteiger partial charge in [-0.15, -0.1) is 0 Å². The molecule has 1 heterocycles. The van der Waals surface area contributed by atoms with Crippen LogP contribution in [0.3, 0.4) is 0 Å². The Morgan fingerprint density at radius 1 is 1.33 bits per heavy atom. The van der Waals surface area contributed by atoms with Crippen molar-refractivity contribution >= 4 is 0 Å². The quantitative estimate of drug-likeness (QED) is 0.547. The summed E-state index contributed by atoms with van der Waals surface area (Å²) in [7, 11) is 0. The van der Waals surface area contributed by atoms with Crippen molar-refractivity contribution < 1.29 is 4.74 Å². The number of rotatable bonds is 1. The van der Waals surface area contributed by atoms with Crippen LogP contribution in [-0.2, 0) is 4.74 Å². The second-order valence-corrected chi connectivity index (χ2v) is 4.09. The lowest BCUT2D eigenvalue weighted by Gasteiger charge is -2.23. The van der Waals surface area contributed by atoms with E-state index < -0.39 is 0 Å². The minimum Gasteiger partial charge on any atom is -0.381 e. The van der Waals surface area contributed by atoms with Crippen LogP contribution < -0.4 is 0 Å². The summed E-state index contributed by atoms with van der Waals surface area (Å²) in [6.45, 7) is 10.2. The van der Waals surface area contributed by atoms with Gasteiger partial charge in [0.25, 0.3) is 0 Å². The van der Waals surface area contributed by atoms with Gasteiger partial charge in [-0.05, 0) is 32.1 Å². The third-order valence-electron chi connectivity index (χ3n) is 2.78. The molecule has 1 rings (SSSR count). The van der Waals surface area contributed by atoms with E-state index in [0.717, 1.165) is 19.1 Å². The van der Waals surface area contributed by atoms with Gasteiger partial charge in [-0.25, -0.2) is 0 Å². The zero-order chi connectivity index (χ0) is 8.97. The monoisotopic (exact) mass is 168 g/mol. The lowest BCUT2D eigenvalue weighted by molar-refractivity contribution is 0.0792. The molecular formula is C11H20O. The van der Waals surface area contributed by atoms with Crippen molar-refractivity contribution in [1.82, 2.24) is 0 Å². The van der Waals surface area contributed by atoms with Crippen LogP contribution in [0.25, 0.3) is 0 Å². The van der Waals surface area contributed by atoms with Gasteiger partial charge in [-0.3, -0.25) is 0 Å². The summed E-state index contributed by atoms with van der Waals surface area (Å²) in [5.41, 5.74) is 1.28. The molecule has 1 heteroatoms. The molecule has 0 saturated carbocycles. The zero-order valence-corrected chi connectivity index (χ0v) is 8.31. The second kappa shape index (κ2) is 4.66. The topological polar surface area (TPSA) is 9.23 Å². The van der Waals surface area contributed by atoms with E-state index in [9.17, 15) is 0 Å². The molecule has 0 aromatic carbocycles.